The Labute approximate surface area is 198 Å². The van der Waals surface area contributed by atoms with Gasteiger partial charge < -0.3 is 15.2 Å². The van der Waals surface area contributed by atoms with Gasteiger partial charge in [-0.15, -0.1) is 0 Å². The summed E-state index contributed by atoms with van der Waals surface area (Å²) in [6.45, 7) is 3.78. The molecule has 0 unspecified atom stereocenters. The van der Waals surface area contributed by atoms with Gasteiger partial charge in [-0.3, -0.25) is 14.5 Å². The molecule has 34 heavy (non-hydrogen) atoms. The number of fused-ring (bicyclic) bond motifs is 1. The third kappa shape index (κ3) is 4.55. The quantitative estimate of drug-likeness (QED) is 0.621. The lowest BCUT2D eigenvalue weighted by molar-refractivity contribution is 0.0958. The Bertz CT molecular complexity index is 1230. The second-order valence-electron chi connectivity index (χ2n) is 9.31. The molecule has 1 amide bonds. The number of rotatable bonds is 4. The molecule has 178 valence electrons. The van der Waals surface area contributed by atoms with Crippen molar-refractivity contribution in [2.75, 3.05) is 38.1 Å². The maximum absolute atomic E-state index is 13.5. The Morgan fingerprint density at radius 1 is 1.12 bits per heavy atom. The maximum atomic E-state index is 13.5. The van der Waals surface area contributed by atoms with Gasteiger partial charge in [0.15, 0.2) is 0 Å². The third-order valence-electron chi connectivity index (χ3n) is 7.32. The van der Waals surface area contributed by atoms with Crippen molar-refractivity contribution < 1.29 is 9.18 Å². The number of H-pyrrole nitrogens is 1. The van der Waals surface area contributed by atoms with Crippen LogP contribution in [0.3, 0.4) is 0 Å². The van der Waals surface area contributed by atoms with Crippen molar-refractivity contribution in [1.82, 2.24) is 20.2 Å². The summed E-state index contributed by atoms with van der Waals surface area (Å²) in [5, 5.41) is 3.80. The first-order valence-corrected chi connectivity index (χ1v) is 12.0. The normalized spacial score (nSPS) is 21.5. The fourth-order valence-electron chi connectivity index (χ4n) is 5.43. The summed E-state index contributed by atoms with van der Waals surface area (Å²) in [5.74, 6) is -0.260. The zero-order chi connectivity index (χ0) is 23.7. The first-order valence-electron chi connectivity index (χ1n) is 12.0. The third-order valence-corrected chi connectivity index (χ3v) is 7.32. The van der Waals surface area contributed by atoms with Crippen LogP contribution in [0.1, 0.15) is 47.8 Å². The number of nitrogens with zero attached hydrogens (tertiary/aromatic N) is 3. The first kappa shape index (κ1) is 22.5. The van der Waals surface area contributed by atoms with Crippen molar-refractivity contribution in [3.05, 3.63) is 70.2 Å². The molecule has 0 spiro atoms. The van der Waals surface area contributed by atoms with Gasteiger partial charge in [-0.1, -0.05) is 12.5 Å². The number of pyridine rings is 2. The Kier molecular flexibility index (Phi) is 6.32. The largest absolute Gasteiger partial charge is 0.368 e. The highest BCUT2D eigenvalue weighted by atomic mass is 19.1. The Hall–Kier alpha value is -3.26. The molecule has 7 nitrogen and oxygen atoms in total. The van der Waals surface area contributed by atoms with Crippen LogP contribution in [0.25, 0.3) is 10.8 Å². The molecule has 0 radical (unpaired) electrons. The Morgan fingerprint density at radius 3 is 2.68 bits per heavy atom. The zero-order valence-corrected chi connectivity index (χ0v) is 19.4. The van der Waals surface area contributed by atoms with Crippen molar-refractivity contribution >= 4 is 22.4 Å². The number of amides is 1. The van der Waals surface area contributed by atoms with Gasteiger partial charge in [0.2, 0.25) is 0 Å². The molecular formula is C26H30FN5O2. The number of aromatic amines is 1. The smallest absolute Gasteiger partial charge is 0.269 e. The van der Waals surface area contributed by atoms with Crippen molar-refractivity contribution in [2.45, 2.75) is 37.6 Å². The van der Waals surface area contributed by atoms with E-state index in [9.17, 15) is 14.0 Å². The van der Waals surface area contributed by atoms with Crippen LogP contribution in [0.15, 0.2) is 47.4 Å². The second kappa shape index (κ2) is 9.54. The van der Waals surface area contributed by atoms with Gasteiger partial charge in [0.1, 0.15) is 11.5 Å². The molecule has 2 N–H and O–H groups in total. The Balaban J connectivity index is 1.23. The van der Waals surface area contributed by atoms with Crippen LogP contribution in [-0.2, 0) is 0 Å². The maximum Gasteiger partial charge on any atom is 0.269 e. The number of carbonyl (C=O) groups is 1. The van der Waals surface area contributed by atoms with E-state index in [1.807, 2.05) is 12.1 Å². The highest BCUT2D eigenvalue weighted by Crippen LogP contribution is 2.35. The summed E-state index contributed by atoms with van der Waals surface area (Å²) in [7, 11) is 1.60. The molecule has 0 bridgehead atoms. The summed E-state index contributed by atoms with van der Waals surface area (Å²) in [6, 6.07) is 10.7. The molecule has 2 atom stereocenters. The van der Waals surface area contributed by atoms with Crippen LogP contribution in [0, 0.1) is 5.82 Å². The molecule has 2 fully saturated rings. The monoisotopic (exact) mass is 463 g/mol. The highest BCUT2D eigenvalue weighted by molar-refractivity contribution is 5.92. The van der Waals surface area contributed by atoms with Gasteiger partial charge in [0.05, 0.1) is 11.9 Å². The van der Waals surface area contributed by atoms with Crippen LogP contribution in [0.4, 0.5) is 10.1 Å². The molecule has 5 rings (SSSR count). The zero-order valence-electron chi connectivity index (χ0n) is 19.4. The van der Waals surface area contributed by atoms with Crippen LogP contribution < -0.4 is 15.8 Å². The minimum atomic E-state index is -0.388. The first-order chi connectivity index (χ1) is 16.5. The standard InChI is InChI=1S/C26H30FN5O2/c1-28-26(34)23-8-7-21(16-29-23)32-11-9-31(10-12-32)20-4-2-3-18(13-20)24-14-17-5-6-19(27)15-22(17)25(33)30-24/h5-8,14-16,18,20H,2-4,9-13H2,1H3,(H,28,34)(H,30,33)/t18-,20-/m1/s1. The number of benzene rings is 1. The van der Waals surface area contributed by atoms with E-state index in [4.69, 9.17) is 0 Å². The minimum absolute atomic E-state index is 0.178. The predicted molar refractivity (Wildman–Crippen MR) is 131 cm³/mol. The van der Waals surface area contributed by atoms with Crippen LogP contribution in [-0.4, -0.2) is 60.0 Å². The molecule has 3 heterocycles. The molecule has 1 saturated carbocycles. The summed E-state index contributed by atoms with van der Waals surface area (Å²) in [4.78, 5) is 36.5. The summed E-state index contributed by atoms with van der Waals surface area (Å²) in [6.07, 6.45) is 6.15. The molecule has 3 aromatic rings. The van der Waals surface area contributed by atoms with Crippen molar-refractivity contribution in [3.8, 4) is 0 Å². The second-order valence-corrected chi connectivity index (χ2v) is 9.31. The lowest BCUT2D eigenvalue weighted by Gasteiger charge is -2.43. The molecule has 1 saturated heterocycles. The number of hydrogen-bond acceptors (Lipinski definition) is 5. The lowest BCUT2D eigenvalue weighted by atomic mass is 9.82. The van der Waals surface area contributed by atoms with E-state index >= 15 is 0 Å². The van der Waals surface area contributed by atoms with Gasteiger partial charge >= 0.3 is 0 Å². The SMILES string of the molecule is CNC(=O)c1ccc(N2CCN([C@@H]3CCC[C@@H](c4cc5ccc(F)cc5c(=O)[nH]4)C3)CC2)cn1. The van der Waals surface area contributed by atoms with Gasteiger partial charge in [-0.25, -0.2) is 9.37 Å². The topological polar surface area (TPSA) is 81.3 Å². The molecule has 2 aliphatic rings. The van der Waals surface area contributed by atoms with Crippen LogP contribution >= 0.6 is 0 Å². The van der Waals surface area contributed by atoms with E-state index in [-0.39, 0.29) is 17.3 Å². The molecule has 1 aromatic carbocycles. The van der Waals surface area contributed by atoms with Crippen LogP contribution in [0.5, 0.6) is 0 Å². The average Bonchev–Trinajstić information content (AvgIpc) is 2.89. The molecule has 1 aliphatic heterocycles. The summed E-state index contributed by atoms with van der Waals surface area (Å²) < 4.78 is 13.5. The summed E-state index contributed by atoms with van der Waals surface area (Å²) >= 11 is 0. The van der Waals surface area contributed by atoms with E-state index in [1.165, 1.54) is 18.6 Å². The number of aromatic nitrogens is 2. The van der Waals surface area contributed by atoms with Crippen molar-refractivity contribution in [2.24, 2.45) is 0 Å². The summed E-state index contributed by atoms with van der Waals surface area (Å²) in [5.41, 5.74) is 2.22. The van der Waals surface area contributed by atoms with E-state index < -0.39 is 0 Å². The average molecular weight is 464 g/mol. The van der Waals surface area contributed by atoms with Gasteiger partial charge in [-0.05, 0) is 55.0 Å². The number of anilines is 1. The lowest BCUT2D eigenvalue weighted by Crippen LogP contribution is -2.51. The highest BCUT2D eigenvalue weighted by Gasteiger charge is 2.30. The Morgan fingerprint density at radius 2 is 1.94 bits per heavy atom. The molecular weight excluding hydrogens is 433 g/mol. The van der Waals surface area contributed by atoms with Gasteiger partial charge in [0, 0.05) is 56.3 Å². The van der Waals surface area contributed by atoms with E-state index in [1.54, 1.807) is 25.4 Å². The van der Waals surface area contributed by atoms with E-state index in [0.717, 1.165) is 62.2 Å². The van der Waals surface area contributed by atoms with Gasteiger partial charge in [0.25, 0.3) is 11.5 Å². The van der Waals surface area contributed by atoms with Gasteiger partial charge in [-0.2, -0.15) is 0 Å². The van der Waals surface area contributed by atoms with E-state index in [2.05, 4.69) is 25.1 Å². The van der Waals surface area contributed by atoms with E-state index in [0.29, 0.717) is 23.0 Å². The minimum Gasteiger partial charge on any atom is -0.368 e. The molecule has 8 heteroatoms. The number of carbonyl (C=O) groups excluding carboxylic acids is 1. The number of nitrogens with one attached hydrogen (secondary N) is 2. The number of piperazine rings is 1. The number of hydrogen-bond donors (Lipinski definition) is 2. The predicted octanol–water partition coefficient (Wildman–Crippen LogP) is 3.27. The fourth-order valence-corrected chi connectivity index (χ4v) is 5.43. The van der Waals surface area contributed by atoms with Crippen LogP contribution in [0.2, 0.25) is 0 Å². The fraction of sp³-hybridized carbons (Fsp3) is 0.423. The number of halogens is 1. The molecule has 2 aromatic heterocycles. The molecule has 1 aliphatic carbocycles. The van der Waals surface area contributed by atoms with Crippen molar-refractivity contribution in [1.29, 1.82) is 0 Å². The van der Waals surface area contributed by atoms with Crippen molar-refractivity contribution in [3.63, 3.8) is 0 Å².